The van der Waals surface area contributed by atoms with Crippen LogP contribution in [0.2, 0.25) is 0 Å². The summed E-state index contributed by atoms with van der Waals surface area (Å²) in [5.74, 6) is -0.914. The summed E-state index contributed by atoms with van der Waals surface area (Å²) in [7, 11) is 0. The minimum Gasteiger partial charge on any atom is -0.478 e. The van der Waals surface area contributed by atoms with Crippen LogP contribution in [0.5, 0.6) is 0 Å². The van der Waals surface area contributed by atoms with Crippen LogP contribution in [0.3, 0.4) is 0 Å². The molecule has 0 radical (unpaired) electrons. The first-order chi connectivity index (χ1) is 12.6. The smallest absolute Gasteiger partial charge is 0.335 e. The van der Waals surface area contributed by atoms with Crippen molar-refractivity contribution in [1.29, 1.82) is 0 Å². The highest BCUT2D eigenvalue weighted by molar-refractivity contribution is 8.00. The van der Waals surface area contributed by atoms with Crippen molar-refractivity contribution in [2.45, 2.75) is 23.1 Å². The average molecular weight is 391 g/mol. The minimum absolute atomic E-state index is 0.292. The van der Waals surface area contributed by atoms with E-state index in [4.69, 9.17) is 9.84 Å². The largest absolute Gasteiger partial charge is 0.478 e. The highest BCUT2D eigenvalue weighted by Gasteiger charge is 2.12. The number of hydrogen-bond donors (Lipinski definition) is 2. The van der Waals surface area contributed by atoms with Crippen molar-refractivity contribution in [2.75, 3.05) is 31.0 Å². The maximum atomic E-state index is 11.1. The summed E-state index contributed by atoms with van der Waals surface area (Å²) in [6.45, 7) is 5.68. The summed E-state index contributed by atoms with van der Waals surface area (Å²) in [6.07, 6.45) is 1.06. The highest BCUT2D eigenvalue weighted by atomic mass is 32.2. The molecule has 7 heteroatoms. The zero-order valence-electron chi connectivity index (χ0n) is 14.6. The molecule has 1 saturated heterocycles. The predicted octanol–water partition coefficient (Wildman–Crippen LogP) is 4.54. The van der Waals surface area contributed by atoms with Gasteiger partial charge in [-0.2, -0.15) is 0 Å². The molecule has 0 spiro atoms. The third kappa shape index (κ3) is 5.41. The molecule has 1 aliphatic heterocycles. The lowest BCUT2D eigenvalue weighted by Crippen LogP contribution is -2.18. The van der Waals surface area contributed by atoms with E-state index in [-0.39, 0.29) is 0 Å². The van der Waals surface area contributed by atoms with Crippen molar-refractivity contribution in [3.05, 3.63) is 53.6 Å². The van der Waals surface area contributed by atoms with E-state index in [9.17, 15) is 4.79 Å². The van der Waals surface area contributed by atoms with E-state index < -0.39 is 5.97 Å². The molecule has 2 aromatic rings. The van der Waals surface area contributed by atoms with Crippen LogP contribution in [0.4, 0.5) is 5.69 Å². The molecule has 0 aliphatic carbocycles. The molecule has 1 fully saturated rings. The first-order valence-corrected chi connectivity index (χ1v) is 10.1. The molecular weight excluding hydrogens is 368 g/mol. The van der Waals surface area contributed by atoms with Gasteiger partial charge in [0.2, 0.25) is 0 Å². The van der Waals surface area contributed by atoms with Crippen LogP contribution in [0, 0.1) is 6.92 Å². The van der Waals surface area contributed by atoms with Crippen LogP contribution < -0.4 is 4.72 Å². The van der Waals surface area contributed by atoms with Crippen molar-refractivity contribution >= 4 is 35.6 Å². The topological polar surface area (TPSA) is 61.8 Å². The first-order valence-electron chi connectivity index (χ1n) is 8.49. The molecule has 0 bridgehead atoms. The molecule has 0 amide bonds. The Bertz CT molecular complexity index is 762. The molecule has 0 unspecified atom stereocenters. The molecule has 2 N–H and O–H groups in total. The maximum absolute atomic E-state index is 11.1. The van der Waals surface area contributed by atoms with Gasteiger partial charge >= 0.3 is 5.97 Å². The van der Waals surface area contributed by atoms with Gasteiger partial charge in [0, 0.05) is 35.2 Å². The molecule has 26 heavy (non-hydrogen) atoms. The summed E-state index contributed by atoms with van der Waals surface area (Å²) in [6, 6.07) is 13.2. The van der Waals surface area contributed by atoms with Gasteiger partial charge in [-0.05, 0) is 73.1 Å². The third-order valence-electron chi connectivity index (χ3n) is 3.96. The second-order valence-electron chi connectivity index (χ2n) is 6.00. The Hall–Kier alpha value is -1.67. The highest BCUT2D eigenvalue weighted by Crippen LogP contribution is 2.31. The lowest BCUT2D eigenvalue weighted by molar-refractivity contribution is 0.0696. The van der Waals surface area contributed by atoms with Crippen LogP contribution in [-0.2, 0) is 4.74 Å². The molecule has 0 saturated carbocycles. The lowest BCUT2D eigenvalue weighted by Gasteiger charge is -2.19. The first kappa shape index (κ1) is 19.1. The van der Waals surface area contributed by atoms with Gasteiger partial charge < -0.3 is 14.6 Å². The number of carbonyl (C=O) groups is 1. The quantitative estimate of drug-likeness (QED) is 0.702. The number of anilines is 1. The summed E-state index contributed by atoms with van der Waals surface area (Å²) < 4.78 is 11.2. The van der Waals surface area contributed by atoms with E-state index in [2.05, 4.69) is 28.1 Å². The number of hydrogen-bond acceptors (Lipinski definition) is 6. The number of nitrogens with one attached hydrogen (secondary N) is 1. The fraction of sp³-hybridized carbons (Fsp3) is 0.316. The standard InChI is InChI=1S/C19H22N2O3S2/c1-14-6-7-16(13-18(14)26-21-8-3-10-24-11-9-21)20-25-17-5-2-4-15(12-17)19(22)23/h2,4-7,12-13,20H,3,8-11H2,1H3,(H,22,23). The van der Waals surface area contributed by atoms with Gasteiger partial charge in [-0.25, -0.2) is 9.10 Å². The summed E-state index contributed by atoms with van der Waals surface area (Å²) in [5, 5.41) is 9.09. The Morgan fingerprint density at radius 1 is 1.19 bits per heavy atom. The molecule has 138 valence electrons. The van der Waals surface area contributed by atoms with E-state index in [1.54, 1.807) is 30.1 Å². The van der Waals surface area contributed by atoms with Crippen molar-refractivity contribution in [3.8, 4) is 0 Å². The van der Waals surface area contributed by atoms with Crippen LogP contribution in [0.25, 0.3) is 0 Å². The van der Waals surface area contributed by atoms with Gasteiger partial charge in [0.05, 0.1) is 12.2 Å². The number of nitrogens with zero attached hydrogens (tertiary/aromatic N) is 1. The Kier molecular flexibility index (Phi) is 6.85. The number of carboxylic acids is 1. The minimum atomic E-state index is -0.914. The predicted molar refractivity (Wildman–Crippen MR) is 107 cm³/mol. The van der Waals surface area contributed by atoms with Gasteiger partial charge in [0.25, 0.3) is 0 Å². The Morgan fingerprint density at radius 2 is 2.08 bits per heavy atom. The second kappa shape index (κ2) is 9.32. The summed E-state index contributed by atoms with van der Waals surface area (Å²) in [4.78, 5) is 13.2. The van der Waals surface area contributed by atoms with Crippen molar-refractivity contribution < 1.29 is 14.6 Å². The van der Waals surface area contributed by atoms with Crippen LogP contribution >= 0.6 is 23.9 Å². The summed E-state index contributed by atoms with van der Waals surface area (Å²) >= 11 is 3.19. The molecule has 1 heterocycles. The Labute approximate surface area is 162 Å². The normalized spacial score (nSPS) is 15.4. The number of rotatable bonds is 6. The molecule has 3 rings (SSSR count). The maximum Gasteiger partial charge on any atom is 0.335 e. The third-order valence-corrected chi connectivity index (χ3v) is 6.05. The Balaban J connectivity index is 1.65. The lowest BCUT2D eigenvalue weighted by atomic mass is 10.2. The molecule has 5 nitrogen and oxygen atoms in total. The van der Waals surface area contributed by atoms with Gasteiger partial charge in [-0.3, -0.25) is 0 Å². The zero-order valence-corrected chi connectivity index (χ0v) is 16.2. The van der Waals surface area contributed by atoms with Gasteiger partial charge in [0.15, 0.2) is 0 Å². The van der Waals surface area contributed by atoms with Crippen LogP contribution in [0.15, 0.2) is 52.3 Å². The Morgan fingerprint density at radius 3 is 2.92 bits per heavy atom. The molecule has 2 aromatic carbocycles. The summed E-state index contributed by atoms with van der Waals surface area (Å²) in [5.41, 5.74) is 2.53. The number of benzene rings is 2. The second-order valence-corrected chi connectivity index (χ2v) is 8.02. The van der Waals surface area contributed by atoms with E-state index in [0.717, 1.165) is 43.3 Å². The SMILES string of the molecule is Cc1ccc(NSc2cccc(C(=O)O)c2)cc1SN1CCCOCC1. The van der Waals surface area contributed by atoms with Crippen LogP contribution in [0.1, 0.15) is 22.3 Å². The zero-order chi connectivity index (χ0) is 18.4. The van der Waals surface area contributed by atoms with E-state index in [0.29, 0.717) is 5.56 Å². The van der Waals surface area contributed by atoms with Gasteiger partial charge in [-0.1, -0.05) is 12.1 Å². The van der Waals surface area contributed by atoms with Crippen molar-refractivity contribution in [1.82, 2.24) is 4.31 Å². The van der Waals surface area contributed by atoms with Gasteiger partial charge in [-0.15, -0.1) is 0 Å². The molecule has 1 aliphatic rings. The van der Waals surface area contributed by atoms with Crippen molar-refractivity contribution in [3.63, 3.8) is 0 Å². The number of carboxylic acid groups (broad SMARTS) is 1. The fourth-order valence-corrected chi connectivity index (χ4v) is 4.28. The number of aryl methyl sites for hydroxylation is 1. The molecular formula is C19H22N2O3S2. The monoisotopic (exact) mass is 390 g/mol. The van der Waals surface area contributed by atoms with E-state index >= 15 is 0 Å². The van der Waals surface area contributed by atoms with E-state index in [1.807, 2.05) is 12.1 Å². The molecule has 0 atom stereocenters. The number of aromatic carboxylic acids is 1. The van der Waals surface area contributed by atoms with E-state index in [1.165, 1.54) is 22.4 Å². The number of ether oxygens (including phenoxy) is 1. The molecule has 0 aromatic heterocycles. The fourth-order valence-electron chi connectivity index (χ4n) is 2.53. The van der Waals surface area contributed by atoms with Crippen LogP contribution in [-0.4, -0.2) is 41.7 Å². The van der Waals surface area contributed by atoms with Crippen molar-refractivity contribution in [2.24, 2.45) is 0 Å². The van der Waals surface area contributed by atoms with Gasteiger partial charge in [0.1, 0.15) is 0 Å². The average Bonchev–Trinajstić information content (AvgIpc) is 2.91.